The summed E-state index contributed by atoms with van der Waals surface area (Å²) in [5, 5.41) is 4.50. The summed E-state index contributed by atoms with van der Waals surface area (Å²) in [5.74, 6) is 0.445. The van der Waals surface area contributed by atoms with Gasteiger partial charge in [-0.2, -0.15) is 0 Å². The minimum Gasteiger partial charge on any atom is -0.466 e. The number of hydrogen-bond donors (Lipinski definition) is 1. The maximum Gasteiger partial charge on any atom is 0.310 e. The molecule has 1 fully saturated rings. The summed E-state index contributed by atoms with van der Waals surface area (Å²) in [7, 11) is 0. The Hall–Kier alpha value is -1.84. The van der Waals surface area contributed by atoms with Crippen LogP contribution in [0.25, 0.3) is 0 Å². The first-order valence-corrected chi connectivity index (χ1v) is 10.2. The number of hydrogen-bond acceptors (Lipinski definition) is 3. The van der Waals surface area contributed by atoms with Gasteiger partial charge in [0.2, 0.25) is 0 Å². The summed E-state index contributed by atoms with van der Waals surface area (Å²) in [4.78, 5) is 11.6. The first-order chi connectivity index (χ1) is 13.1. The molecule has 0 heterocycles. The van der Waals surface area contributed by atoms with Crippen LogP contribution in [0.5, 0.6) is 0 Å². The molecule has 1 aliphatic carbocycles. The van der Waals surface area contributed by atoms with E-state index in [4.69, 9.17) is 16.3 Å². The average Bonchev–Trinajstić information content (AvgIpc) is 3.11. The molecule has 2 aromatic rings. The molecule has 3 rings (SSSR count). The number of rotatable bonds is 8. The van der Waals surface area contributed by atoms with Gasteiger partial charge in [-0.3, -0.25) is 4.79 Å². The Bertz CT molecular complexity index is 744. The van der Waals surface area contributed by atoms with Crippen molar-refractivity contribution < 1.29 is 9.53 Å². The molecule has 1 saturated carbocycles. The smallest absolute Gasteiger partial charge is 0.310 e. The lowest BCUT2D eigenvalue weighted by Crippen LogP contribution is -2.28. The van der Waals surface area contributed by atoms with E-state index in [1.165, 1.54) is 30.4 Å². The van der Waals surface area contributed by atoms with E-state index in [9.17, 15) is 4.79 Å². The van der Waals surface area contributed by atoms with Gasteiger partial charge in [-0.15, -0.1) is 0 Å². The fourth-order valence-electron chi connectivity index (χ4n) is 3.87. The molecule has 0 amide bonds. The van der Waals surface area contributed by atoms with Crippen LogP contribution in [-0.2, 0) is 22.4 Å². The number of halogens is 1. The Morgan fingerprint density at radius 2 is 1.96 bits per heavy atom. The van der Waals surface area contributed by atoms with Crippen molar-refractivity contribution in [3.05, 3.63) is 70.2 Å². The van der Waals surface area contributed by atoms with Crippen molar-refractivity contribution in [1.29, 1.82) is 0 Å². The van der Waals surface area contributed by atoms with Crippen LogP contribution in [-0.4, -0.2) is 25.2 Å². The quantitative estimate of drug-likeness (QED) is 0.656. The van der Waals surface area contributed by atoms with Crippen LogP contribution in [0.1, 0.15) is 48.8 Å². The molecule has 2 atom stereocenters. The second kappa shape index (κ2) is 9.91. The van der Waals surface area contributed by atoms with E-state index in [1.54, 1.807) is 0 Å². The van der Waals surface area contributed by atoms with Crippen molar-refractivity contribution in [1.82, 2.24) is 5.32 Å². The molecule has 0 radical (unpaired) electrons. The SMILES string of the molecule is CCOC(=O)Cc1ccc([C@@H]2CC[C@H](NCCc3cccc(Cl)c3)C2)cc1. The molecule has 144 valence electrons. The number of carbonyl (C=O) groups is 1. The van der Waals surface area contributed by atoms with Crippen molar-refractivity contribution in [2.75, 3.05) is 13.2 Å². The summed E-state index contributed by atoms with van der Waals surface area (Å²) in [6, 6.07) is 17.1. The summed E-state index contributed by atoms with van der Waals surface area (Å²) in [6.45, 7) is 3.25. The molecule has 4 heteroatoms. The summed E-state index contributed by atoms with van der Waals surface area (Å²) in [6.07, 6.45) is 4.96. The number of nitrogens with one attached hydrogen (secondary N) is 1. The third-order valence-corrected chi connectivity index (χ3v) is 5.51. The molecule has 0 aromatic heterocycles. The second-order valence-electron chi connectivity index (χ2n) is 7.26. The van der Waals surface area contributed by atoms with E-state index < -0.39 is 0 Å². The lowest BCUT2D eigenvalue weighted by Gasteiger charge is -2.14. The van der Waals surface area contributed by atoms with Gasteiger partial charge in [0.05, 0.1) is 13.0 Å². The number of esters is 1. The topological polar surface area (TPSA) is 38.3 Å². The van der Waals surface area contributed by atoms with E-state index in [2.05, 4.69) is 35.6 Å². The zero-order valence-corrected chi connectivity index (χ0v) is 16.7. The fraction of sp³-hybridized carbons (Fsp3) is 0.435. The first-order valence-electron chi connectivity index (χ1n) is 9.86. The third-order valence-electron chi connectivity index (χ3n) is 5.27. The van der Waals surface area contributed by atoms with E-state index in [-0.39, 0.29) is 5.97 Å². The Labute approximate surface area is 167 Å². The van der Waals surface area contributed by atoms with Crippen molar-refractivity contribution in [2.45, 2.75) is 51.0 Å². The first kappa shape index (κ1) is 19.9. The molecule has 2 aromatic carbocycles. The standard InChI is InChI=1S/C23H28ClNO2/c1-2-27-23(26)15-18-6-8-19(9-7-18)20-10-11-22(16-20)25-13-12-17-4-3-5-21(24)14-17/h3-9,14,20,22,25H,2,10-13,15-16H2,1H3/t20-,22+/m1/s1. The van der Waals surface area contributed by atoms with Crippen molar-refractivity contribution >= 4 is 17.6 Å². The van der Waals surface area contributed by atoms with Crippen molar-refractivity contribution in [2.24, 2.45) is 0 Å². The number of benzene rings is 2. The van der Waals surface area contributed by atoms with Crippen LogP contribution in [0.15, 0.2) is 48.5 Å². The lowest BCUT2D eigenvalue weighted by atomic mass is 9.96. The van der Waals surface area contributed by atoms with Gasteiger partial charge in [0.1, 0.15) is 0 Å². The molecule has 0 saturated heterocycles. The Morgan fingerprint density at radius 1 is 1.15 bits per heavy atom. The normalized spacial score (nSPS) is 19.2. The van der Waals surface area contributed by atoms with E-state index in [1.807, 2.05) is 25.1 Å². The van der Waals surface area contributed by atoms with Gasteiger partial charge in [-0.25, -0.2) is 0 Å². The predicted molar refractivity (Wildman–Crippen MR) is 110 cm³/mol. The van der Waals surface area contributed by atoms with Crippen LogP contribution >= 0.6 is 11.6 Å². The van der Waals surface area contributed by atoms with Crippen LogP contribution in [0.4, 0.5) is 0 Å². The molecule has 1 aliphatic rings. The zero-order valence-electron chi connectivity index (χ0n) is 15.9. The molecular formula is C23H28ClNO2. The Kier molecular flexibility index (Phi) is 7.31. The van der Waals surface area contributed by atoms with Gasteiger partial charge in [0.25, 0.3) is 0 Å². The average molecular weight is 386 g/mol. The number of carbonyl (C=O) groups excluding carboxylic acids is 1. The van der Waals surface area contributed by atoms with E-state index >= 15 is 0 Å². The van der Waals surface area contributed by atoms with Gasteiger partial charge in [0.15, 0.2) is 0 Å². The third kappa shape index (κ3) is 6.08. The van der Waals surface area contributed by atoms with E-state index in [0.29, 0.717) is 25.0 Å². The molecule has 0 bridgehead atoms. The minimum absolute atomic E-state index is 0.157. The molecule has 0 unspecified atom stereocenters. The molecule has 0 spiro atoms. The van der Waals surface area contributed by atoms with Crippen LogP contribution in [0.3, 0.4) is 0 Å². The molecule has 3 nitrogen and oxygen atoms in total. The van der Waals surface area contributed by atoms with Gasteiger partial charge in [-0.1, -0.05) is 48.0 Å². The highest BCUT2D eigenvalue weighted by molar-refractivity contribution is 6.30. The second-order valence-corrected chi connectivity index (χ2v) is 7.70. The van der Waals surface area contributed by atoms with Crippen molar-refractivity contribution in [3.63, 3.8) is 0 Å². The predicted octanol–water partition coefficient (Wildman–Crippen LogP) is 4.91. The summed E-state index contributed by atoms with van der Waals surface area (Å²) in [5.41, 5.74) is 3.68. The Morgan fingerprint density at radius 3 is 2.70 bits per heavy atom. The summed E-state index contributed by atoms with van der Waals surface area (Å²) < 4.78 is 5.01. The summed E-state index contributed by atoms with van der Waals surface area (Å²) >= 11 is 6.05. The molecular weight excluding hydrogens is 358 g/mol. The van der Waals surface area contributed by atoms with Gasteiger partial charge in [-0.05, 0) is 73.9 Å². The van der Waals surface area contributed by atoms with Crippen molar-refractivity contribution in [3.8, 4) is 0 Å². The highest BCUT2D eigenvalue weighted by Crippen LogP contribution is 2.34. The van der Waals surface area contributed by atoms with Gasteiger partial charge < -0.3 is 10.1 Å². The molecule has 1 N–H and O–H groups in total. The van der Waals surface area contributed by atoms with Crippen LogP contribution < -0.4 is 5.32 Å². The molecule has 27 heavy (non-hydrogen) atoms. The fourth-order valence-corrected chi connectivity index (χ4v) is 4.08. The lowest BCUT2D eigenvalue weighted by molar-refractivity contribution is -0.142. The minimum atomic E-state index is -0.157. The van der Waals surface area contributed by atoms with Crippen LogP contribution in [0, 0.1) is 0 Å². The highest BCUT2D eigenvalue weighted by Gasteiger charge is 2.25. The van der Waals surface area contributed by atoms with E-state index in [0.717, 1.165) is 23.6 Å². The largest absolute Gasteiger partial charge is 0.466 e. The maximum absolute atomic E-state index is 11.6. The van der Waals surface area contributed by atoms with Gasteiger partial charge in [0, 0.05) is 11.1 Å². The Balaban J connectivity index is 1.44. The highest BCUT2D eigenvalue weighted by atomic mass is 35.5. The monoisotopic (exact) mass is 385 g/mol. The van der Waals surface area contributed by atoms with Crippen LogP contribution in [0.2, 0.25) is 5.02 Å². The number of ether oxygens (including phenoxy) is 1. The maximum atomic E-state index is 11.6. The van der Waals surface area contributed by atoms with Gasteiger partial charge >= 0.3 is 5.97 Å². The zero-order chi connectivity index (χ0) is 19.1. The molecule has 0 aliphatic heterocycles.